The summed E-state index contributed by atoms with van der Waals surface area (Å²) in [5.74, 6) is 0.00536. The number of carbonyl (C=O) groups is 2. The lowest BCUT2D eigenvalue weighted by atomic mass is 10.1. The van der Waals surface area contributed by atoms with Gasteiger partial charge in [-0.25, -0.2) is 0 Å². The molecule has 1 unspecified atom stereocenters. The van der Waals surface area contributed by atoms with Gasteiger partial charge in [0.25, 0.3) is 0 Å². The van der Waals surface area contributed by atoms with Gasteiger partial charge in [-0.2, -0.15) is 0 Å². The van der Waals surface area contributed by atoms with Crippen LogP contribution in [0.5, 0.6) is 0 Å². The van der Waals surface area contributed by atoms with Crippen molar-refractivity contribution >= 4 is 11.8 Å². The normalized spacial score (nSPS) is 26.4. The van der Waals surface area contributed by atoms with Crippen LogP contribution in [0.1, 0.15) is 6.42 Å². The van der Waals surface area contributed by atoms with Gasteiger partial charge in [0.2, 0.25) is 11.8 Å². The number of carbonyl (C=O) groups excluding carboxylic acids is 2. The van der Waals surface area contributed by atoms with Crippen LogP contribution in [-0.4, -0.2) is 62.0 Å². The molecule has 2 heterocycles. The molecule has 90 valence electrons. The van der Waals surface area contributed by atoms with Crippen LogP contribution in [0.4, 0.5) is 0 Å². The molecule has 3 N–H and O–H groups in total. The van der Waals surface area contributed by atoms with Gasteiger partial charge in [-0.3, -0.25) is 9.59 Å². The van der Waals surface area contributed by atoms with E-state index in [0.29, 0.717) is 6.54 Å². The second-order valence-electron chi connectivity index (χ2n) is 4.13. The van der Waals surface area contributed by atoms with Gasteiger partial charge >= 0.3 is 0 Å². The van der Waals surface area contributed by atoms with Gasteiger partial charge in [-0.1, -0.05) is 0 Å². The summed E-state index contributed by atoms with van der Waals surface area (Å²) >= 11 is 0. The van der Waals surface area contributed by atoms with Crippen LogP contribution in [0.2, 0.25) is 0 Å². The molecular formula is C10H18N4O2. The van der Waals surface area contributed by atoms with Crippen LogP contribution in [0.15, 0.2) is 0 Å². The summed E-state index contributed by atoms with van der Waals surface area (Å²) in [5, 5.41) is 9.01. The lowest BCUT2D eigenvalue weighted by Crippen LogP contribution is -2.55. The Balaban J connectivity index is 1.83. The lowest BCUT2D eigenvalue weighted by molar-refractivity contribution is -0.135. The molecular weight excluding hydrogens is 208 g/mol. The number of hydrogen-bond acceptors (Lipinski definition) is 4. The Labute approximate surface area is 94.7 Å². The van der Waals surface area contributed by atoms with Crippen LogP contribution in [0.3, 0.4) is 0 Å². The molecule has 6 heteroatoms. The number of nitrogens with one attached hydrogen (secondary N) is 3. The van der Waals surface area contributed by atoms with Crippen molar-refractivity contribution in [2.24, 2.45) is 0 Å². The highest BCUT2D eigenvalue weighted by Gasteiger charge is 2.26. The van der Waals surface area contributed by atoms with Crippen molar-refractivity contribution in [2.45, 2.75) is 12.5 Å². The number of rotatable bonds is 2. The maximum atomic E-state index is 11.9. The molecule has 16 heavy (non-hydrogen) atoms. The fourth-order valence-electron chi connectivity index (χ4n) is 2.03. The highest BCUT2D eigenvalue weighted by atomic mass is 16.2. The Morgan fingerprint density at radius 1 is 1.25 bits per heavy atom. The van der Waals surface area contributed by atoms with Crippen molar-refractivity contribution in [3.8, 4) is 0 Å². The third kappa shape index (κ3) is 2.70. The van der Waals surface area contributed by atoms with Gasteiger partial charge in [-0.05, 0) is 0 Å². The fraction of sp³-hybridized carbons (Fsp3) is 0.800. The second kappa shape index (κ2) is 5.27. The Hall–Kier alpha value is -1.14. The summed E-state index contributed by atoms with van der Waals surface area (Å²) in [6, 6.07) is -0.351. The molecule has 0 aliphatic carbocycles. The monoisotopic (exact) mass is 226 g/mol. The minimum atomic E-state index is -0.351. The molecule has 0 aromatic carbocycles. The van der Waals surface area contributed by atoms with E-state index in [1.165, 1.54) is 0 Å². The van der Waals surface area contributed by atoms with Crippen LogP contribution >= 0.6 is 0 Å². The summed E-state index contributed by atoms with van der Waals surface area (Å²) in [4.78, 5) is 25.2. The molecule has 6 nitrogen and oxygen atoms in total. The van der Waals surface area contributed by atoms with Gasteiger partial charge in [0.15, 0.2) is 0 Å². The summed E-state index contributed by atoms with van der Waals surface area (Å²) < 4.78 is 0. The van der Waals surface area contributed by atoms with E-state index in [-0.39, 0.29) is 24.3 Å². The van der Waals surface area contributed by atoms with Crippen LogP contribution in [0, 0.1) is 0 Å². The topological polar surface area (TPSA) is 73.5 Å². The average molecular weight is 226 g/mol. The predicted octanol–water partition coefficient (Wildman–Crippen LogP) is -2.10. The standard InChI is InChI=1S/C10H18N4O2/c15-9(14-5-3-11-4-6-14)7-8-10(16)13-2-1-12-8/h8,11-12H,1-7H2,(H,13,16). The van der Waals surface area contributed by atoms with E-state index in [1.807, 2.05) is 4.90 Å². The minimum absolute atomic E-state index is 0.0604. The predicted molar refractivity (Wildman–Crippen MR) is 58.9 cm³/mol. The first-order valence-electron chi connectivity index (χ1n) is 5.77. The number of nitrogens with zero attached hydrogens (tertiary/aromatic N) is 1. The molecule has 0 saturated carbocycles. The van der Waals surface area contributed by atoms with Crippen molar-refractivity contribution in [1.29, 1.82) is 0 Å². The van der Waals surface area contributed by atoms with Crippen molar-refractivity contribution in [1.82, 2.24) is 20.9 Å². The maximum absolute atomic E-state index is 11.9. The van der Waals surface area contributed by atoms with Gasteiger partial charge in [0.1, 0.15) is 0 Å². The van der Waals surface area contributed by atoms with Crippen LogP contribution in [0.25, 0.3) is 0 Å². The smallest absolute Gasteiger partial charge is 0.237 e. The highest BCUT2D eigenvalue weighted by molar-refractivity contribution is 5.88. The van der Waals surface area contributed by atoms with Gasteiger partial charge in [-0.15, -0.1) is 0 Å². The van der Waals surface area contributed by atoms with E-state index >= 15 is 0 Å². The Kier molecular flexibility index (Phi) is 3.74. The summed E-state index contributed by atoms with van der Waals surface area (Å²) in [6.07, 6.45) is 0.270. The minimum Gasteiger partial charge on any atom is -0.353 e. The zero-order valence-electron chi connectivity index (χ0n) is 9.29. The SMILES string of the molecule is O=C1NCCNC1CC(=O)N1CCNCC1. The first-order valence-corrected chi connectivity index (χ1v) is 5.77. The Morgan fingerprint density at radius 2 is 2.00 bits per heavy atom. The number of piperazine rings is 2. The Bertz CT molecular complexity index is 276. The zero-order chi connectivity index (χ0) is 11.4. The van der Waals surface area contributed by atoms with Crippen molar-refractivity contribution in [3.63, 3.8) is 0 Å². The molecule has 2 fully saturated rings. The average Bonchev–Trinajstić information content (AvgIpc) is 2.33. The quantitative estimate of drug-likeness (QED) is 0.504. The van der Waals surface area contributed by atoms with Crippen LogP contribution in [-0.2, 0) is 9.59 Å². The molecule has 1 atom stereocenters. The van der Waals surface area contributed by atoms with E-state index in [4.69, 9.17) is 0 Å². The molecule has 0 bridgehead atoms. The first kappa shape index (κ1) is 11.3. The van der Waals surface area contributed by atoms with E-state index in [1.54, 1.807) is 0 Å². The third-order valence-electron chi connectivity index (χ3n) is 2.98. The van der Waals surface area contributed by atoms with Crippen molar-refractivity contribution < 1.29 is 9.59 Å². The molecule has 2 aliphatic rings. The van der Waals surface area contributed by atoms with E-state index in [9.17, 15) is 9.59 Å². The third-order valence-corrected chi connectivity index (χ3v) is 2.98. The lowest BCUT2D eigenvalue weighted by Gasteiger charge is -2.30. The molecule has 0 aromatic rings. The summed E-state index contributed by atoms with van der Waals surface area (Å²) in [5.41, 5.74) is 0. The van der Waals surface area contributed by atoms with Crippen molar-refractivity contribution in [3.05, 3.63) is 0 Å². The van der Waals surface area contributed by atoms with E-state index < -0.39 is 0 Å². The van der Waals surface area contributed by atoms with Crippen molar-refractivity contribution in [2.75, 3.05) is 39.3 Å². The summed E-state index contributed by atoms with van der Waals surface area (Å²) in [6.45, 7) is 4.56. The molecule has 2 rings (SSSR count). The zero-order valence-corrected chi connectivity index (χ0v) is 9.29. The summed E-state index contributed by atoms with van der Waals surface area (Å²) in [7, 11) is 0. The molecule has 0 spiro atoms. The molecule has 0 aromatic heterocycles. The maximum Gasteiger partial charge on any atom is 0.237 e. The molecule has 0 radical (unpaired) electrons. The number of amides is 2. The van der Waals surface area contributed by atoms with E-state index in [2.05, 4.69) is 16.0 Å². The van der Waals surface area contributed by atoms with Gasteiger partial charge in [0.05, 0.1) is 12.5 Å². The molecule has 2 amide bonds. The highest BCUT2D eigenvalue weighted by Crippen LogP contribution is 2.02. The van der Waals surface area contributed by atoms with E-state index in [0.717, 1.165) is 32.7 Å². The fourth-order valence-corrected chi connectivity index (χ4v) is 2.03. The largest absolute Gasteiger partial charge is 0.353 e. The van der Waals surface area contributed by atoms with Gasteiger partial charge < -0.3 is 20.9 Å². The van der Waals surface area contributed by atoms with Gasteiger partial charge in [0, 0.05) is 39.3 Å². The first-order chi connectivity index (χ1) is 7.77. The molecule has 2 aliphatic heterocycles. The van der Waals surface area contributed by atoms with Crippen LogP contribution < -0.4 is 16.0 Å². The molecule has 2 saturated heterocycles. The second-order valence-corrected chi connectivity index (χ2v) is 4.13. The Morgan fingerprint density at radius 3 is 2.69 bits per heavy atom. The number of hydrogen-bond donors (Lipinski definition) is 3.